The van der Waals surface area contributed by atoms with E-state index in [0.717, 1.165) is 23.5 Å². The fourth-order valence-corrected chi connectivity index (χ4v) is 1.75. The van der Waals surface area contributed by atoms with E-state index < -0.39 is 0 Å². The smallest absolute Gasteiger partial charge is 0.117 e. The highest BCUT2D eigenvalue weighted by atomic mass is 35.5. The molecule has 6 heteroatoms. The maximum Gasteiger partial charge on any atom is 0.117 e. The monoisotopic (exact) mass is 282 g/mol. The summed E-state index contributed by atoms with van der Waals surface area (Å²) in [5.74, 6) is 0. The third-order valence-electron chi connectivity index (χ3n) is 2.64. The first kappa shape index (κ1) is 15.6. The summed E-state index contributed by atoms with van der Waals surface area (Å²) in [6.07, 6.45) is 0. The summed E-state index contributed by atoms with van der Waals surface area (Å²) in [5.41, 5.74) is 2.89. The van der Waals surface area contributed by atoms with Gasteiger partial charge >= 0.3 is 0 Å². The van der Waals surface area contributed by atoms with Crippen LogP contribution in [0.3, 0.4) is 0 Å². The van der Waals surface area contributed by atoms with Gasteiger partial charge in [0.05, 0.1) is 13.2 Å². The molecule has 0 amide bonds. The molecule has 5 nitrogen and oxygen atoms in total. The Bertz CT molecular complexity index is 487. The number of benzene rings is 1. The highest BCUT2D eigenvalue weighted by Gasteiger charge is 2.11. The molecule has 19 heavy (non-hydrogen) atoms. The van der Waals surface area contributed by atoms with E-state index >= 15 is 0 Å². The number of aliphatic hydroxyl groups is 1. The fraction of sp³-hybridized carbons (Fsp3) is 0.385. The zero-order chi connectivity index (χ0) is 12.8. The van der Waals surface area contributed by atoms with Crippen LogP contribution in [0.2, 0.25) is 0 Å². The lowest BCUT2D eigenvalue weighted by molar-refractivity contribution is 0.291. The number of aliphatic hydroxyl groups excluding tert-OH is 1. The van der Waals surface area contributed by atoms with Crippen LogP contribution in [0.1, 0.15) is 12.6 Å². The molecule has 0 aliphatic rings. The van der Waals surface area contributed by atoms with Crippen molar-refractivity contribution in [1.29, 1.82) is 0 Å². The van der Waals surface area contributed by atoms with Gasteiger partial charge in [0.1, 0.15) is 11.4 Å². The van der Waals surface area contributed by atoms with Crippen molar-refractivity contribution in [2.24, 2.45) is 0 Å². The Morgan fingerprint density at radius 3 is 2.58 bits per heavy atom. The molecular weight excluding hydrogens is 264 g/mol. The normalized spacial score (nSPS) is 10.2. The zero-order valence-corrected chi connectivity index (χ0v) is 11.7. The second kappa shape index (κ2) is 7.89. The zero-order valence-electron chi connectivity index (χ0n) is 10.9. The van der Waals surface area contributed by atoms with Crippen molar-refractivity contribution >= 4 is 12.4 Å². The van der Waals surface area contributed by atoms with Crippen LogP contribution in [-0.2, 0) is 13.1 Å². The first-order valence-corrected chi connectivity index (χ1v) is 6.16. The molecular formula is C13H19ClN4O. The number of aromatic nitrogens is 3. The molecule has 2 N–H and O–H groups in total. The molecule has 1 aromatic carbocycles. The summed E-state index contributed by atoms with van der Waals surface area (Å²) in [6.45, 7) is 4.07. The van der Waals surface area contributed by atoms with Gasteiger partial charge in [0, 0.05) is 18.7 Å². The summed E-state index contributed by atoms with van der Waals surface area (Å²) in [5, 5.41) is 20.8. The summed E-state index contributed by atoms with van der Waals surface area (Å²) >= 11 is 0. The predicted molar refractivity (Wildman–Crippen MR) is 77.2 cm³/mol. The van der Waals surface area contributed by atoms with Gasteiger partial charge in [-0.05, 0) is 6.92 Å². The highest BCUT2D eigenvalue weighted by molar-refractivity contribution is 5.85. The maximum absolute atomic E-state index is 8.78. The molecule has 0 atom stereocenters. The van der Waals surface area contributed by atoms with Gasteiger partial charge in [-0.2, -0.15) is 15.0 Å². The molecule has 1 aromatic heterocycles. The minimum absolute atomic E-state index is 0. The molecule has 0 aliphatic carbocycles. The first-order chi connectivity index (χ1) is 8.85. The van der Waals surface area contributed by atoms with Crippen molar-refractivity contribution in [2.75, 3.05) is 13.2 Å². The largest absolute Gasteiger partial charge is 0.395 e. The molecule has 0 saturated heterocycles. The quantitative estimate of drug-likeness (QED) is 0.788. The molecule has 0 saturated carbocycles. The van der Waals surface area contributed by atoms with Crippen molar-refractivity contribution in [3.05, 3.63) is 36.0 Å². The standard InChI is InChI=1S/C13H18N4O.ClH/c1-2-17-15-12(10-14-8-9-18)13(16-17)11-6-4-3-5-7-11;/h3-7,14,18H,2,8-10H2,1H3;1H. The van der Waals surface area contributed by atoms with Crippen LogP contribution >= 0.6 is 12.4 Å². The Kier molecular flexibility index (Phi) is 6.49. The maximum atomic E-state index is 8.78. The van der Waals surface area contributed by atoms with Gasteiger partial charge in [-0.1, -0.05) is 30.3 Å². The highest BCUT2D eigenvalue weighted by Crippen LogP contribution is 2.19. The van der Waals surface area contributed by atoms with Crippen LogP contribution < -0.4 is 5.32 Å². The minimum Gasteiger partial charge on any atom is -0.395 e. The topological polar surface area (TPSA) is 63.0 Å². The number of rotatable bonds is 6. The molecule has 104 valence electrons. The number of aryl methyl sites for hydroxylation is 1. The Balaban J connectivity index is 0.00000180. The summed E-state index contributed by atoms with van der Waals surface area (Å²) in [6, 6.07) is 10.0. The predicted octanol–water partition coefficient (Wildman–Crippen LogP) is 1.47. The summed E-state index contributed by atoms with van der Waals surface area (Å²) in [4.78, 5) is 1.69. The number of halogens is 1. The van der Waals surface area contributed by atoms with Crippen LogP contribution in [0.15, 0.2) is 30.3 Å². The van der Waals surface area contributed by atoms with Gasteiger partial charge in [0.2, 0.25) is 0 Å². The van der Waals surface area contributed by atoms with Crippen molar-refractivity contribution in [3.8, 4) is 11.3 Å². The fourth-order valence-electron chi connectivity index (χ4n) is 1.75. The van der Waals surface area contributed by atoms with Crippen molar-refractivity contribution in [2.45, 2.75) is 20.0 Å². The van der Waals surface area contributed by atoms with Crippen LogP contribution in [0.4, 0.5) is 0 Å². The van der Waals surface area contributed by atoms with Gasteiger partial charge in [0.15, 0.2) is 0 Å². The molecule has 0 fully saturated rings. The lowest BCUT2D eigenvalue weighted by atomic mass is 10.1. The van der Waals surface area contributed by atoms with Crippen LogP contribution in [0, 0.1) is 0 Å². The van der Waals surface area contributed by atoms with E-state index in [2.05, 4.69) is 15.5 Å². The average molecular weight is 283 g/mol. The molecule has 0 unspecified atom stereocenters. The molecule has 0 radical (unpaired) electrons. The number of hydrogen-bond donors (Lipinski definition) is 2. The van der Waals surface area contributed by atoms with Gasteiger partial charge in [-0.3, -0.25) is 0 Å². The Morgan fingerprint density at radius 2 is 1.95 bits per heavy atom. The van der Waals surface area contributed by atoms with E-state index in [4.69, 9.17) is 5.11 Å². The van der Waals surface area contributed by atoms with E-state index in [1.165, 1.54) is 0 Å². The SMILES string of the molecule is CCn1nc(CNCCO)c(-c2ccccc2)n1.Cl. The minimum atomic E-state index is 0. The Morgan fingerprint density at radius 1 is 1.21 bits per heavy atom. The number of nitrogens with zero attached hydrogens (tertiary/aromatic N) is 3. The van der Waals surface area contributed by atoms with Gasteiger partial charge in [-0.25, -0.2) is 0 Å². The molecule has 0 aliphatic heterocycles. The molecule has 0 spiro atoms. The van der Waals surface area contributed by atoms with Crippen LogP contribution in [0.5, 0.6) is 0 Å². The Labute approximate surface area is 119 Å². The molecule has 1 heterocycles. The van der Waals surface area contributed by atoms with E-state index in [0.29, 0.717) is 13.1 Å². The van der Waals surface area contributed by atoms with E-state index in [1.54, 1.807) is 4.80 Å². The second-order valence-electron chi connectivity index (χ2n) is 3.95. The van der Waals surface area contributed by atoms with Crippen molar-refractivity contribution in [1.82, 2.24) is 20.3 Å². The molecule has 2 aromatic rings. The van der Waals surface area contributed by atoms with E-state index in [9.17, 15) is 0 Å². The lowest BCUT2D eigenvalue weighted by Crippen LogP contribution is -2.18. The second-order valence-corrected chi connectivity index (χ2v) is 3.95. The van der Waals surface area contributed by atoms with Crippen LogP contribution in [0.25, 0.3) is 11.3 Å². The van der Waals surface area contributed by atoms with Gasteiger partial charge in [0.25, 0.3) is 0 Å². The number of hydrogen-bond acceptors (Lipinski definition) is 4. The first-order valence-electron chi connectivity index (χ1n) is 6.16. The van der Waals surface area contributed by atoms with Crippen molar-refractivity contribution < 1.29 is 5.11 Å². The molecule has 0 bridgehead atoms. The lowest BCUT2D eigenvalue weighted by Gasteiger charge is -2.01. The third-order valence-corrected chi connectivity index (χ3v) is 2.64. The van der Waals surface area contributed by atoms with Crippen LogP contribution in [-0.4, -0.2) is 33.3 Å². The third kappa shape index (κ3) is 4.02. The van der Waals surface area contributed by atoms with E-state index in [-0.39, 0.29) is 19.0 Å². The Hall–Kier alpha value is -1.43. The van der Waals surface area contributed by atoms with Crippen molar-refractivity contribution in [3.63, 3.8) is 0 Å². The summed E-state index contributed by atoms with van der Waals surface area (Å²) < 4.78 is 0. The van der Waals surface area contributed by atoms with E-state index in [1.807, 2.05) is 37.3 Å². The summed E-state index contributed by atoms with van der Waals surface area (Å²) in [7, 11) is 0. The number of nitrogens with one attached hydrogen (secondary N) is 1. The van der Waals surface area contributed by atoms with Gasteiger partial charge < -0.3 is 10.4 Å². The molecule has 2 rings (SSSR count). The van der Waals surface area contributed by atoms with Gasteiger partial charge in [-0.15, -0.1) is 12.4 Å². The average Bonchev–Trinajstić information content (AvgIpc) is 2.83.